The number of piperidine rings is 1. The smallest absolute Gasteiger partial charge is 0.292 e. The third-order valence-corrected chi connectivity index (χ3v) is 3.93. The summed E-state index contributed by atoms with van der Waals surface area (Å²) in [6.45, 7) is 3.47. The number of methoxy groups -OCH3 is 1. The molecule has 2 fully saturated rings. The number of carbonyl (C=O) groups excluding carboxylic acids is 1. The Morgan fingerprint density at radius 1 is 1.58 bits per heavy atom. The van der Waals surface area contributed by atoms with Crippen molar-refractivity contribution in [2.75, 3.05) is 20.2 Å². The van der Waals surface area contributed by atoms with Crippen molar-refractivity contribution in [1.82, 2.24) is 10.1 Å². The lowest BCUT2D eigenvalue weighted by Gasteiger charge is -2.33. The minimum atomic E-state index is -0.141. The van der Waals surface area contributed by atoms with Gasteiger partial charge in [-0.05, 0) is 30.8 Å². The van der Waals surface area contributed by atoms with Crippen molar-refractivity contribution in [1.29, 1.82) is 0 Å². The normalized spacial score (nSPS) is 30.2. The summed E-state index contributed by atoms with van der Waals surface area (Å²) in [6, 6.07) is 1.52. The van der Waals surface area contributed by atoms with Crippen LogP contribution in [0.4, 0.5) is 0 Å². The second-order valence-corrected chi connectivity index (χ2v) is 5.25. The van der Waals surface area contributed by atoms with Crippen molar-refractivity contribution in [2.45, 2.75) is 32.0 Å². The van der Waals surface area contributed by atoms with Crippen LogP contribution in [0.15, 0.2) is 10.6 Å². The third kappa shape index (κ3) is 2.32. The number of hydrogen-bond donors (Lipinski definition) is 0. The second kappa shape index (κ2) is 4.85. The number of ether oxygens (including phenoxy) is 2. The first-order valence-corrected chi connectivity index (χ1v) is 6.63. The Hall–Kier alpha value is -1.56. The molecule has 1 aromatic rings. The maximum atomic E-state index is 12.3. The highest BCUT2D eigenvalue weighted by Gasteiger charge is 2.39. The van der Waals surface area contributed by atoms with Gasteiger partial charge in [-0.1, -0.05) is 0 Å². The summed E-state index contributed by atoms with van der Waals surface area (Å²) in [5.41, 5.74) is 0. The summed E-state index contributed by atoms with van der Waals surface area (Å²) < 4.78 is 15.8. The molecule has 0 bridgehead atoms. The molecule has 2 aliphatic rings. The monoisotopic (exact) mass is 266 g/mol. The van der Waals surface area contributed by atoms with E-state index >= 15 is 0 Å². The number of carbonyl (C=O) groups is 1. The van der Waals surface area contributed by atoms with Gasteiger partial charge in [0.05, 0.1) is 25.4 Å². The van der Waals surface area contributed by atoms with Gasteiger partial charge >= 0.3 is 0 Å². The summed E-state index contributed by atoms with van der Waals surface area (Å²) in [5, 5.41) is 3.65. The lowest BCUT2D eigenvalue weighted by Crippen LogP contribution is -2.45. The van der Waals surface area contributed by atoms with Crippen LogP contribution >= 0.6 is 0 Å². The molecule has 2 aliphatic heterocycles. The Bertz CT molecular complexity index is 473. The van der Waals surface area contributed by atoms with E-state index in [4.69, 9.17) is 14.0 Å². The van der Waals surface area contributed by atoms with Crippen LogP contribution in [0, 0.1) is 5.92 Å². The Kier molecular flexibility index (Phi) is 3.18. The van der Waals surface area contributed by atoms with E-state index in [0.29, 0.717) is 24.4 Å². The van der Waals surface area contributed by atoms with Gasteiger partial charge in [0.25, 0.3) is 11.8 Å². The predicted molar refractivity (Wildman–Crippen MR) is 66.0 cm³/mol. The van der Waals surface area contributed by atoms with Gasteiger partial charge in [-0.2, -0.15) is 0 Å². The first-order chi connectivity index (χ1) is 9.17. The third-order valence-electron chi connectivity index (χ3n) is 3.93. The first kappa shape index (κ1) is 12.5. The van der Waals surface area contributed by atoms with Crippen molar-refractivity contribution in [3.63, 3.8) is 0 Å². The fraction of sp³-hybridized carbons (Fsp3) is 0.692. The summed E-state index contributed by atoms with van der Waals surface area (Å²) in [7, 11) is 1.49. The molecule has 0 aliphatic carbocycles. The Balaban J connectivity index is 1.68. The Labute approximate surface area is 111 Å². The molecule has 0 aromatic carbocycles. The molecule has 0 spiro atoms. The first-order valence-electron chi connectivity index (χ1n) is 6.63. The number of amides is 1. The van der Waals surface area contributed by atoms with E-state index in [1.807, 2.05) is 0 Å². The lowest BCUT2D eigenvalue weighted by molar-refractivity contribution is 0.000379. The van der Waals surface area contributed by atoms with Gasteiger partial charge in [0.15, 0.2) is 0 Å². The number of fused-ring (bicyclic) bond motifs is 1. The maximum Gasteiger partial charge on any atom is 0.292 e. The van der Waals surface area contributed by atoms with Gasteiger partial charge in [0.2, 0.25) is 5.76 Å². The van der Waals surface area contributed by atoms with Crippen LogP contribution in [0.25, 0.3) is 0 Å². The van der Waals surface area contributed by atoms with Gasteiger partial charge in [-0.3, -0.25) is 4.79 Å². The van der Waals surface area contributed by atoms with Crippen LogP contribution in [0.3, 0.4) is 0 Å². The molecular formula is C13H18N2O4. The zero-order chi connectivity index (χ0) is 13.4. The van der Waals surface area contributed by atoms with Gasteiger partial charge in [0, 0.05) is 13.1 Å². The van der Waals surface area contributed by atoms with Gasteiger partial charge in [-0.15, -0.1) is 0 Å². The average Bonchev–Trinajstić information content (AvgIpc) is 3.01. The Morgan fingerprint density at radius 3 is 3.16 bits per heavy atom. The quantitative estimate of drug-likeness (QED) is 0.807. The standard InChI is InChI=1S/C13H18N2O4/c1-8-5-9-3-4-15(7-11(9)18-8)13(16)10-6-12(17-2)14-19-10/h6,8-9,11H,3-5,7H2,1-2H3/t8-,9+,11-/m1/s1. The van der Waals surface area contributed by atoms with Gasteiger partial charge in [-0.25, -0.2) is 0 Å². The molecule has 0 saturated carbocycles. The minimum Gasteiger partial charge on any atom is -0.479 e. The lowest BCUT2D eigenvalue weighted by atomic mass is 9.92. The summed E-state index contributed by atoms with van der Waals surface area (Å²) >= 11 is 0. The molecule has 6 nitrogen and oxygen atoms in total. The summed E-state index contributed by atoms with van der Waals surface area (Å²) in [5.74, 6) is 0.992. The van der Waals surface area contributed by atoms with Crippen LogP contribution in [0.1, 0.15) is 30.3 Å². The van der Waals surface area contributed by atoms with E-state index in [-0.39, 0.29) is 17.8 Å². The molecule has 1 aromatic heterocycles. The molecule has 2 saturated heterocycles. The molecule has 3 atom stereocenters. The number of likely N-dealkylation sites (tertiary alicyclic amines) is 1. The number of rotatable bonds is 2. The van der Waals surface area contributed by atoms with Crippen molar-refractivity contribution >= 4 is 5.91 Å². The van der Waals surface area contributed by atoms with E-state index in [0.717, 1.165) is 19.4 Å². The summed E-state index contributed by atoms with van der Waals surface area (Å²) in [4.78, 5) is 14.1. The van der Waals surface area contributed by atoms with Crippen LogP contribution in [0.2, 0.25) is 0 Å². The van der Waals surface area contributed by atoms with E-state index < -0.39 is 0 Å². The average molecular weight is 266 g/mol. The highest BCUT2D eigenvalue weighted by atomic mass is 16.5. The highest BCUT2D eigenvalue weighted by Crippen LogP contribution is 2.33. The van der Waals surface area contributed by atoms with Crippen LogP contribution in [0.5, 0.6) is 5.88 Å². The fourth-order valence-corrected chi connectivity index (χ4v) is 2.97. The van der Waals surface area contributed by atoms with Gasteiger partial charge < -0.3 is 18.9 Å². The van der Waals surface area contributed by atoms with E-state index in [9.17, 15) is 4.79 Å². The van der Waals surface area contributed by atoms with E-state index in [1.54, 1.807) is 4.90 Å². The summed E-state index contributed by atoms with van der Waals surface area (Å²) in [6.07, 6.45) is 2.56. The predicted octanol–water partition coefficient (Wildman–Crippen LogP) is 1.32. The molecule has 3 rings (SSSR count). The van der Waals surface area contributed by atoms with Crippen LogP contribution in [-0.4, -0.2) is 48.4 Å². The van der Waals surface area contributed by atoms with Crippen LogP contribution in [-0.2, 0) is 4.74 Å². The zero-order valence-corrected chi connectivity index (χ0v) is 11.2. The SMILES string of the molecule is COc1cc(C(=O)N2CC[C@H]3C[C@@H](C)O[C@@H]3C2)on1. The Morgan fingerprint density at radius 2 is 2.42 bits per heavy atom. The molecule has 3 heterocycles. The minimum absolute atomic E-state index is 0.141. The van der Waals surface area contributed by atoms with Crippen molar-refractivity contribution < 1.29 is 18.8 Å². The molecule has 0 N–H and O–H groups in total. The number of aromatic nitrogens is 1. The van der Waals surface area contributed by atoms with Crippen LogP contribution < -0.4 is 4.74 Å². The van der Waals surface area contributed by atoms with Crippen molar-refractivity contribution in [2.24, 2.45) is 5.92 Å². The topological polar surface area (TPSA) is 64.8 Å². The molecular weight excluding hydrogens is 248 g/mol. The fourth-order valence-electron chi connectivity index (χ4n) is 2.97. The van der Waals surface area contributed by atoms with Crippen molar-refractivity contribution in [3.05, 3.63) is 11.8 Å². The van der Waals surface area contributed by atoms with Gasteiger partial charge in [0.1, 0.15) is 0 Å². The molecule has 0 radical (unpaired) electrons. The maximum absolute atomic E-state index is 12.3. The highest BCUT2D eigenvalue weighted by molar-refractivity contribution is 5.91. The zero-order valence-electron chi connectivity index (χ0n) is 11.2. The molecule has 19 heavy (non-hydrogen) atoms. The number of hydrogen-bond acceptors (Lipinski definition) is 5. The van der Waals surface area contributed by atoms with E-state index in [2.05, 4.69) is 12.1 Å². The van der Waals surface area contributed by atoms with Crippen molar-refractivity contribution in [3.8, 4) is 5.88 Å². The number of nitrogens with zero attached hydrogens (tertiary/aromatic N) is 2. The largest absolute Gasteiger partial charge is 0.479 e. The molecule has 0 unspecified atom stereocenters. The molecule has 104 valence electrons. The second-order valence-electron chi connectivity index (χ2n) is 5.25. The van der Waals surface area contributed by atoms with E-state index in [1.165, 1.54) is 13.2 Å². The molecule has 6 heteroatoms. The molecule has 1 amide bonds.